The topological polar surface area (TPSA) is 58.6 Å². The van der Waals surface area contributed by atoms with Crippen molar-refractivity contribution in [1.82, 2.24) is 10.2 Å². The second-order valence-corrected chi connectivity index (χ2v) is 7.99. The third-order valence-electron chi connectivity index (χ3n) is 3.80. The van der Waals surface area contributed by atoms with Crippen LogP contribution in [0.1, 0.15) is 48.8 Å². The molecule has 1 atom stereocenters. The highest BCUT2D eigenvalue weighted by Crippen LogP contribution is 2.22. The van der Waals surface area contributed by atoms with E-state index in [1.54, 1.807) is 0 Å². The smallest absolute Gasteiger partial charge is 0.407 e. The van der Waals surface area contributed by atoms with Crippen molar-refractivity contribution in [3.63, 3.8) is 0 Å². The third-order valence-corrected chi connectivity index (χ3v) is 4.80. The van der Waals surface area contributed by atoms with Crippen LogP contribution in [0, 0.1) is 12.8 Å². The maximum Gasteiger partial charge on any atom is 0.407 e. The lowest BCUT2D eigenvalue weighted by Gasteiger charge is -2.33. The molecule has 0 spiro atoms. The molecule has 1 fully saturated rings. The van der Waals surface area contributed by atoms with E-state index < -0.39 is 11.7 Å². The Morgan fingerprint density at radius 1 is 1.43 bits per heavy atom. The molecule has 1 saturated heterocycles. The first-order chi connectivity index (χ1) is 10.8. The van der Waals surface area contributed by atoms with Gasteiger partial charge in [0, 0.05) is 19.6 Å². The Labute approximate surface area is 142 Å². The lowest BCUT2D eigenvalue weighted by Crippen LogP contribution is -2.44. The SMILES string of the molecule is Cc1ccsc1C(=O)N1CCCC(CNC(=O)OC(C)(C)C)C1. The summed E-state index contributed by atoms with van der Waals surface area (Å²) in [6.45, 7) is 9.52. The minimum atomic E-state index is -0.491. The van der Waals surface area contributed by atoms with Crippen molar-refractivity contribution in [3.8, 4) is 0 Å². The van der Waals surface area contributed by atoms with Crippen LogP contribution in [0.4, 0.5) is 4.79 Å². The van der Waals surface area contributed by atoms with Crippen molar-refractivity contribution in [2.24, 2.45) is 5.92 Å². The maximum atomic E-state index is 12.6. The number of hydrogen-bond donors (Lipinski definition) is 1. The zero-order chi connectivity index (χ0) is 17.0. The minimum Gasteiger partial charge on any atom is -0.444 e. The van der Waals surface area contributed by atoms with Gasteiger partial charge in [0.15, 0.2) is 0 Å². The van der Waals surface area contributed by atoms with Crippen LogP contribution in [0.3, 0.4) is 0 Å². The Kier molecular flexibility index (Phi) is 5.68. The Hall–Kier alpha value is -1.56. The molecule has 1 unspecified atom stereocenters. The van der Waals surface area contributed by atoms with Crippen LogP contribution in [0.2, 0.25) is 0 Å². The van der Waals surface area contributed by atoms with Crippen molar-refractivity contribution in [1.29, 1.82) is 0 Å². The second kappa shape index (κ2) is 7.34. The van der Waals surface area contributed by atoms with Gasteiger partial charge >= 0.3 is 6.09 Å². The van der Waals surface area contributed by atoms with Gasteiger partial charge < -0.3 is 15.0 Å². The molecule has 2 heterocycles. The number of carbonyl (C=O) groups is 2. The Bertz CT molecular complexity index is 562. The zero-order valence-electron chi connectivity index (χ0n) is 14.3. The number of ether oxygens (including phenoxy) is 1. The number of rotatable bonds is 3. The van der Waals surface area contributed by atoms with Crippen LogP contribution >= 0.6 is 11.3 Å². The first kappa shape index (κ1) is 17.8. The summed E-state index contributed by atoms with van der Waals surface area (Å²) in [5.74, 6) is 0.389. The number of alkyl carbamates (subject to hydrolysis) is 1. The lowest BCUT2D eigenvalue weighted by molar-refractivity contribution is 0.0503. The molecule has 0 radical (unpaired) electrons. The van der Waals surface area contributed by atoms with E-state index in [-0.39, 0.29) is 11.8 Å². The summed E-state index contributed by atoms with van der Waals surface area (Å²) in [6.07, 6.45) is 1.59. The van der Waals surface area contributed by atoms with Gasteiger partial charge in [0.2, 0.25) is 0 Å². The number of thiophene rings is 1. The van der Waals surface area contributed by atoms with E-state index in [4.69, 9.17) is 4.74 Å². The van der Waals surface area contributed by atoms with Gasteiger partial charge in [-0.05, 0) is 63.5 Å². The number of likely N-dealkylation sites (tertiary alicyclic amines) is 1. The summed E-state index contributed by atoms with van der Waals surface area (Å²) in [7, 11) is 0. The first-order valence-corrected chi connectivity index (χ1v) is 8.94. The van der Waals surface area contributed by atoms with E-state index in [9.17, 15) is 9.59 Å². The highest BCUT2D eigenvalue weighted by molar-refractivity contribution is 7.12. The summed E-state index contributed by atoms with van der Waals surface area (Å²) in [5, 5.41) is 4.77. The maximum absolute atomic E-state index is 12.6. The van der Waals surface area contributed by atoms with Gasteiger partial charge in [0.1, 0.15) is 5.60 Å². The summed E-state index contributed by atoms with van der Waals surface area (Å²) >= 11 is 1.50. The molecule has 23 heavy (non-hydrogen) atoms. The fourth-order valence-corrected chi connectivity index (χ4v) is 3.59. The van der Waals surface area contributed by atoms with Gasteiger partial charge in [0.05, 0.1) is 4.88 Å². The molecule has 0 bridgehead atoms. The zero-order valence-corrected chi connectivity index (χ0v) is 15.2. The predicted octanol–water partition coefficient (Wildman–Crippen LogP) is 3.43. The molecule has 1 aromatic rings. The summed E-state index contributed by atoms with van der Waals surface area (Å²) in [4.78, 5) is 27.0. The van der Waals surface area contributed by atoms with Gasteiger partial charge in [-0.15, -0.1) is 11.3 Å². The molecule has 1 aliphatic rings. The predicted molar refractivity (Wildman–Crippen MR) is 91.9 cm³/mol. The fraction of sp³-hybridized carbons (Fsp3) is 0.647. The fourth-order valence-electron chi connectivity index (χ4n) is 2.69. The van der Waals surface area contributed by atoms with Crippen molar-refractivity contribution in [2.45, 2.75) is 46.1 Å². The normalized spacial score (nSPS) is 18.6. The second-order valence-electron chi connectivity index (χ2n) is 7.07. The van der Waals surface area contributed by atoms with E-state index in [1.807, 2.05) is 44.0 Å². The van der Waals surface area contributed by atoms with Crippen LogP contribution < -0.4 is 5.32 Å². The van der Waals surface area contributed by atoms with Crippen LogP contribution in [0.25, 0.3) is 0 Å². The molecule has 1 aromatic heterocycles. The Morgan fingerprint density at radius 2 is 2.17 bits per heavy atom. The monoisotopic (exact) mass is 338 g/mol. The lowest BCUT2D eigenvalue weighted by atomic mass is 9.98. The third kappa shape index (κ3) is 5.23. The van der Waals surface area contributed by atoms with Crippen molar-refractivity contribution in [2.75, 3.05) is 19.6 Å². The van der Waals surface area contributed by atoms with Crippen LogP contribution in [-0.4, -0.2) is 42.1 Å². The highest BCUT2D eigenvalue weighted by Gasteiger charge is 2.26. The van der Waals surface area contributed by atoms with Gasteiger partial charge in [-0.3, -0.25) is 4.79 Å². The Morgan fingerprint density at radius 3 is 2.78 bits per heavy atom. The molecule has 1 N–H and O–H groups in total. The van der Waals surface area contributed by atoms with E-state index in [0.717, 1.165) is 29.8 Å². The largest absolute Gasteiger partial charge is 0.444 e. The number of nitrogens with zero attached hydrogens (tertiary/aromatic N) is 1. The standard InChI is InChI=1S/C17H26N2O3S/c1-12-7-9-23-14(12)15(20)19-8-5-6-13(11-19)10-18-16(21)22-17(2,3)4/h7,9,13H,5-6,8,10-11H2,1-4H3,(H,18,21). The van der Waals surface area contributed by atoms with Gasteiger partial charge in [0.25, 0.3) is 5.91 Å². The van der Waals surface area contributed by atoms with Crippen LogP contribution in [-0.2, 0) is 4.74 Å². The van der Waals surface area contributed by atoms with Gasteiger partial charge in [-0.2, -0.15) is 0 Å². The summed E-state index contributed by atoms with van der Waals surface area (Å²) in [5.41, 5.74) is 0.545. The van der Waals surface area contributed by atoms with E-state index in [2.05, 4.69) is 5.32 Å². The molecule has 0 aromatic carbocycles. The number of hydrogen-bond acceptors (Lipinski definition) is 4. The number of carbonyl (C=O) groups excluding carboxylic acids is 2. The number of amides is 2. The molecule has 6 heteroatoms. The van der Waals surface area contributed by atoms with Crippen molar-refractivity contribution in [3.05, 3.63) is 21.9 Å². The molecule has 0 saturated carbocycles. The van der Waals surface area contributed by atoms with Crippen molar-refractivity contribution >= 4 is 23.3 Å². The molecule has 128 valence electrons. The molecule has 0 aliphatic carbocycles. The first-order valence-electron chi connectivity index (χ1n) is 8.06. The molecule has 1 aliphatic heterocycles. The molecule has 2 amide bonds. The summed E-state index contributed by atoms with van der Waals surface area (Å²) in [6, 6.07) is 1.98. The quantitative estimate of drug-likeness (QED) is 0.918. The molecule has 5 nitrogen and oxygen atoms in total. The number of nitrogens with one attached hydrogen (secondary N) is 1. The average molecular weight is 338 g/mol. The van der Waals surface area contributed by atoms with Crippen LogP contribution in [0.5, 0.6) is 0 Å². The van der Waals surface area contributed by atoms with Crippen LogP contribution in [0.15, 0.2) is 11.4 Å². The molecule has 2 rings (SSSR count). The molecular weight excluding hydrogens is 312 g/mol. The van der Waals surface area contributed by atoms with E-state index in [1.165, 1.54) is 11.3 Å². The average Bonchev–Trinajstić information content (AvgIpc) is 2.89. The number of aryl methyl sites for hydroxylation is 1. The summed E-state index contributed by atoms with van der Waals surface area (Å²) < 4.78 is 5.25. The van der Waals surface area contributed by atoms with E-state index in [0.29, 0.717) is 13.1 Å². The highest BCUT2D eigenvalue weighted by atomic mass is 32.1. The molecular formula is C17H26N2O3S. The van der Waals surface area contributed by atoms with Gasteiger partial charge in [-0.1, -0.05) is 0 Å². The van der Waals surface area contributed by atoms with Gasteiger partial charge in [-0.25, -0.2) is 4.79 Å². The van der Waals surface area contributed by atoms with E-state index >= 15 is 0 Å². The Balaban J connectivity index is 1.85. The minimum absolute atomic E-state index is 0.111. The number of piperidine rings is 1. The van der Waals surface area contributed by atoms with Crippen molar-refractivity contribution < 1.29 is 14.3 Å².